The van der Waals surface area contributed by atoms with E-state index >= 15 is 0 Å². The van der Waals surface area contributed by atoms with Crippen LogP contribution in [0.15, 0.2) is 0 Å². The van der Waals surface area contributed by atoms with E-state index in [4.69, 9.17) is 5.73 Å². The lowest BCUT2D eigenvalue weighted by atomic mass is 9.79. The van der Waals surface area contributed by atoms with E-state index in [2.05, 4.69) is 6.92 Å². The quantitative estimate of drug-likeness (QED) is 0.783. The first-order chi connectivity index (χ1) is 8.59. The smallest absolute Gasteiger partial charge is 0.240 e. The van der Waals surface area contributed by atoms with Crippen LogP contribution >= 0.6 is 0 Å². The number of nitrogens with zero attached hydrogens (tertiary/aromatic N) is 1. The van der Waals surface area contributed by atoms with Gasteiger partial charge in [-0.3, -0.25) is 4.79 Å². The van der Waals surface area contributed by atoms with Crippen LogP contribution in [0, 0.1) is 11.3 Å². The molecule has 3 unspecified atom stereocenters. The largest absolute Gasteiger partial charge is 0.396 e. The van der Waals surface area contributed by atoms with Gasteiger partial charge in [-0.05, 0) is 38.5 Å². The number of hydrogen-bond donors (Lipinski definition) is 2. The van der Waals surface area contributed by atoms with E-state index in [1.54, 1.807) is 0 Å². The second kappa shape index (κ2) is 4.20. The predicted molar refractivity (Wildman–Crippen MR) is 68.8 cm³/mol. The Morgan fingerprint density at radius 3 is 2.61 bits per heavy atom. The van der Waals surface area contributed by atoms with Crippen LogP contribution in [0.4, 0.5) is 0 Å². The Morgan fingerprint density at radius 1 is 1.44 bits per heavy atom. The molecule has 3 rings (SSSR count). The van der Waals surface area contributed by atoms with Crippen molar-refractivity contribution in [2.45, 2.75) is 63.6 Å². The summed E-state index contributed by atoms with van der Waals surface area (Å²) in [5.74, 6) is 0.813. The third-order valence-electron chi connectivity index (χ3n) is 5.46. The number of nitrogens with two attached hydrogens (primary N) is 1. The molecule has 3 aliphatic rings. The molecule has 2 aliphatic carbocycles. The van der Waals surface area contributed by atoms with Crippen LogP contribution in [0.5, 0.6) is 0 Å². The zero-order valence-electron chi connectivity index (χ0n) is 11.1. The molecule has 3 fully saturated rings. The lowest BCUT2D eigenvalue weighted by Crippen LogP contribution is -2.55. The van der Waals surface area contributed by atoms with E-state index in [1.807, 2.05) is 4.90 Å². The topological polar surface area (TPSA) is 66.6 Å². The average Bonchev–Trinajstić information content (AvgIpc) is 2.83. The highest BCUT2D eigenvalue weighted by Crippen LogP contribution is 2.49. The second-order valence-electron chi connectivity index (χ2n) is 6.60. The molecule has 0 radical (unpaired) electrons. The summed E-state index contributed by atoms with van der Waals surface area (Å²) in [6, 6.07) is 0.284. The molecule has 1 aliphatic heterocycles. The number of aliphatic hydroxyl groups excluding tert-OH is 1. The van der Waals surface area contributed by atoms with Crippen LogP contribution in [0.2, 0.25) is 0 Å². The highest BCUT2D eigenvalue weighted by atomic mass is 16.3. The summed E-state index contributed by atoms with van der Waals surface area (Å²) in [5, 5.41) is 9.67. The Bertz CT molecular complexity index is 350. The van der Waals surface area contributed by atoms with Gasteiger partial charge in [0.15, 0.2) is 0 Å². The normalized spacial score (nSPS) is 38.6. The molecule has 0 spiro atoms. The summed E-state index contributed by atoms with van der Waals surface area (Å²) in [6.45, 7) is 2.17. The van der Waals surface area contributed by atoms with Crippen molar-refractivity contribution in [3.8, 4) is 0 Å². The highest BCUT2D eigenvalue weighted by Gasteiger charge is 2.55. The van der Waals surface area contributed by atoms with Gasteiger partial charge in [-0.25, -0.2) is 0 Å². The average molecular weight is 252 g/mol. The zero-order valence-corrected chi connectivity index (χ0v) is 11.1. The minimum atomic E-state index is -0.508. The Kier molecular flexibility index (Phi) is 2.90. The van der Waals surface area contributed by atoms with Crippen molar-refractivity contribution in [3.63, 3.8) is 0 Å². The number of amides is 1. The molecule has 1 amide bonds. The van der Waals surface area contributed by atoms with Crippen molar-refractivity contribution < 1.29 is 9.90 Å². The fourth-order valence-electron chi connectivity index (χ4n) is 4.15. The molecule has 0 aromatic rings. The van der Waals surface area contributed by atoms with Gasteiger partial charge < -0.3 is 15.7 Å². The summed E-state index contributed by atoms with van der Waals surface area (Å²) in [6.07, 6.45) is 6.26. The standard InChI is InChI=1S/C14H24N2O2/c1-9-6-10-7-11(10)16(9)13(18)12(15)14(8-17)4-2-3-5-14/h9-12,17H,2-8,15H2,1H3/t9?,10?,11?,12-/m1/s1. The Balaban J connectivity index is 1.75. The first-order valence-electron chi connectivity index (χ1n) is 7.28. The number of carbonyl (C=O) groups excluding carboxylic acids is 1. The van der Waals surface area contributed by atoms with E-state index in [1.165, 1.54) is 0 Å². The number of fused-ring (bicyclic) bond motifs is 1. The molecule has 0 aromatic heterocycles. The van der Waals surface area contributed by atoms with Crippen LogP contribution in [0.1, 0.15) is 45.4 Å². The van der Waals surface area contributed by atoms with E-state index in [0.717, 1.165) is 44.4 Å². The van der Waals surface area contributed by atoms with Crippen LogP contribution in [0.3, 0.4) is 0 Å². The molecule has 18 heavy (non-hydrogen) atoms. The van der Waals surface area contributed by atoms with Crippen molar-refractivity contribution in [2.75, 3.05) is 6.61 Å². The number of rotatable bonds is 3. The van der Waals surface area contributed by atoms with Gasteiger partial charge in [-0.2, -0.15) is 0 Å². The van der Waals surface area contributed by atoms with Gasteiger partial charge in [0.25, 0.3) is 0 Å². The maximum absolute atomic E-state index is 12.6. The molecular formula is C14H24N2O2. The van der Waals surface area contributed by atoms with Crippen LogP contribution < -0.4 is 5.73 Å². The second-order valence-corrected chi connectivity index (χ2v) is 6.60. The molecule has 1 heterocycles. The molecule has 4 heteroatoms. The van der Waals surface area contributed by atoms with Gasteiger partial charge in [0.05, 0.1) is 12.6 Å². The fraction of sp³-hybridized carbons (Fsp3) is 0.929. The van der Waals surface area contributed by atoms with E-state index in [9.17, 15) is 9.90 Å². The first kappa shape index (κ1) is 12.4. The molecule has 0 bridgehead atoms. The summed E-state index contributed by atoms with van der Waals surface area (Å²) < 4.78 is 0. The number of hydrogen-bond acceptors (Lipinski definition) is 3. The number of piperidine rings is 1. The summed E-state index contributed by atoms with van der Waals surface area (Å²) in [7, 11) is 0. The fourth-order valence-corrected chi connectivity index (χ4v) is 4.15. The van der Waals surface area contributed by atoms with Crippen molar-refractivity contribution in [1.82, 2.24) is 4.90 Å². The lowest BCUT2D eigenvalue weighted by Gasteiger charge is -2.36. The predicted octanol–water partition coefficient (Wildman–Crippen LogP) is 0.876. The Hall–Kier alpha value is -0.610. The minimum Gasteiger partial charge on any atom is -0.396 e. The molecular weight excluding hydrogens is 228 g/mol. The zero-order chi connectivity index (χ0) is 12.9. The summed E-state index contributed by atoms with van der Waals surface area (Å²) in [5.41, 5.74) is 5.90. The number of carbonyl (C=O) groups is 1. The van der Waals surface area contributed by atoms with Crippen LogP contribution in [0.25, 0.3) is 0 Å². The third kappa shape index (κ3) is 1.69. The summed E-state index contributed by atoms with van der Waals surface area (Å²) >= 11 is 0. The van der Waals surface area contributed by atoms with Gasteiger partial charge in [0.1, 0.15) is 0 Å². The van der Waals surface area contributed by atoms with Crippen LogP contribution in [-0.4, -0.2) is 40.6 Å². The maximum Gasteiger partial charge on any atom is 0.240 e. The molecule has 4 atom stereocenters. The Labute approximate surface area is 109 Å². The van der Waals surface area contributed by atoms with Gasteiger partial charge >= 0.3 is 0 Å². The van der Waals surface area contributed by atoms with E-state index in [0.29, 0.717) is 12.1 Å². The lowest BCUT2D eigenvalue weighted by molar-refractivity contribution is -0.138. The van der Waals surface area contributed by atoms with Gasteiger partial charge in [-0.1, -0.05) is 12.8 Å². The van der Waals surface area contributed by atoms with Crippen molar-refractivity contribution in [3.05, 3.63) is 0 Å². The van der Waals surface area contributed by atoms with E-state index in [-0.39, 0.29) is 17.9 Å². The highest BCUT2D eigenvalue weighted by molar-refractivity contribution is 5.84. The first-order valence-corrected chi connectivity index (χ1v) is 7.28. The molecule has 3 N–H and O–H groups in total. The van der Waals surface area contributed by atoms with Crippen molar-refractivity contribution in [2.24, 2.45) is 17.1 Å². The van der Waals surface area contributed by atoms with Crippen molar-refractivity contribution in [1.29, 1.82) is 0 Å². The number of aliphatic hydroxyl groups is 1. The van der Waals surface area contributed by atoms with Gasteiger partial charge in [-0.15, -0.1) is 0 Å². The SMILES string of the molecule is CC1CC2CC2N1C(=O)[C@@H](N)C1(CO)CCCC1. The van der Waals surface area contributed by atoms with Crippen LogP contribution in [-0.2, 0) is 4.79 Å². The van der Waals surface area contributed by atoms with E-state index < -0.39 is 6.04 Å². The Morgan fingerprint density at radius 2 is 2.11 bits per heavy atom. The molecule has 1 saturated heterocycles. The summed E-state index contributed by atoms with van der Waals surface area (Å²) in [4.78, 5) is 14.7. The molecule has 102 valence electrons. The monoisotopic (exact) mass is 252 g/mol. The molecule has 2 saturated carbocycles. The van der Waals surface area contributed by atoms with Gasteiger partial charge in [0, 0.05) is 17.5 Å². The van der Waals surface area contributed by atoms with Crippen molar-refractivity contribution >= 4 is 5.91 Å². The maximum atomic E-state index is 12.6. The molecule has 0 aromatic carbocycles. The number of likely N-dealkylation sites (tertiary alicyclic amines) is 1. The van der Waals surface area contributed by atoms with Gasteiger partial charge in [0.2, 0.25) is 5.91 Å². The minimum absolute atomic E-state index is 0.0518. The molecule has 4 nitrogen and oxygen atoms in total. The third-order valence-corrected chi connectivity index (χ3v) is 5.46.